The lowest BCUT2D eigenvalue weighted by atomic mass is 10.0. The number of nitrogen functional groups attached to an aromatic ring is 1. The van der Waals surface area contributed by atoms with Crippen molar-refractivity contribution >= 4 is 15.7 Å². The molecule has 4 N–H and O–H groups in total. The molecule has 0 saturated heterocycles. The number of aliphatic hydroxyl groups excluding tert-OH is 1. The van der Waals surface area contributed by atoms with Crippen LogP contribution in [-0.2, 0) is 10.0 Å². The van der Waals surface area contributed by atoms with Crippen LogP contribution in [0.25, 0.3) is 0 Å². The zero-order chi connectivity index (χ0) is 15.4. The first-order chi connectivity index (χ1) is 9.12. The maximum Gasteiger partial charge on any atom is 0.215 e. The Morgan fingerprint density at radius 2 is 2.10 bits per heavy atom. The SMILES string of the molecule is CC(O)C(C)(C)NS(=O)(=O)CCOc1cccc(N)c1. The third-order valence-corrected chi connectivity index (χ3v) is 4.48. The molecule has 0 aliphatic heterocycles. The van der Waals surface area contributed by atoms with Crippen LogP contribution >= 0.6 is 0 Å². The van der Waals surface area contributed by atoms with Gasteiger partial charge in [-0.15, -0.1) is 0 Å². The van der Waals surface area contributed by atoms with Gasteiger partial charge < -0.3 is 15.6 Å². The molecule has 20 heavy (non-hydrogen) atoms. The molecule has 1 rings (SSSR count). The van der Waals surface area contributed by atoms with Crippen molar-refractivity contribution in [3.05, 3.63) is 24.3 Å². The van der Waals surface area contributed by atoms with E-state index in [0.29, 0.717) is 11.4 Å². The van der Waals surface area contributed by atoms with Gasteiger partial charge in [0.25, 0.3) is 0 Å². The summed E-state index contributed by atoms with van der Waals surface area (Å²) in [5.74, 6) is 0.327. The van der Waals surface area contributed by atoms with Crippen molar-refractivity contribution in [3.8, 4) is 5.75 Å². The molecular formula is C13H22N2O4S. The Morgan fingerprint density at radius 3 is 2.65 bits per heavy atom. The number of benzene rings is 1. The molecule has 0 aliphatic rings. The first-order valence-corrected chi connectivity index (χ1v) is 7.96. The number of anilines is 1. The summed E-state index contributed by atoms with van der Waals surface area (Å²) in [6, 6.07) is 6.78. The highest BCUT2D eigenvalue weighted by atomic mass is 32.2. The molecule has 0 spiro atoms. The molecule has 0 radical (unpaired) electrons. The van der Waals surface area contributed by atoms with Crippen LogP contribution in [0.2, 0.25) is 0 Å². The zero-order valence-electron chi connectivity index (χ0n) is 12.0. The van der Waals surface area contributed by atoms with Gasteiger partial charge in [-0.1, -0.05) is 6.07 Å². The van der Waals surface area contributed by atoms with Gasteiger partial charge in [-0.25, -0.2) is 13.1 Å². The Balaban J connectivity index is 2.52. The number of nitrogens with one attached hydrogen (secondary N) is 1. The summed E-state index contributed by atoms with van der Waals surface area (Å²) in [5.41, 5.74) is 5.23. The van der Waals surface area contributed by atoms with Crippen LogP contribution in [0.1, 0.15) is 20.8 Å². The van der Waals surface area contributed by atoms with Gasteiger partial charge >= 0.3 is 0 Å². The number of nitrogens with two attached hydrogens (primary N) is 1. The third kappa shape index (κ3) is 5.36. The highest BCUT2D eigenvalue weighted by Crippen LogP contribution is 2.15. The van der Waals surface area contributed by atoms with E-state index in [1.54, 1.807) is 38.1 Å². The molecule has 0 bridgehead atoms. The van der Waals surface area contributed by atoms with Gasteiger partial charge in [0.1, 0.15) is 12.4 Å². The van der Waals surface area contributed by atoms with Gasteiger partial charge in [-0.3, -0.25) is 0 Å². The van der Waals surface area contributed by atoms with Crippen molar-refractivity contribution < 1.29 is 18.3 Å². The van der Waals surface area contributed by atoms with Crippen LogP contribution in [0.5, 0.6) is 5.75 Å². The Labute approximate surface area is 120 Å². The fourth-order valence-electron chi connectivity index (χ4n) is 1.41. The van der Waals surface area contributed by atoms with Gasteiger partial charge in [0, 0.05) is 11.8 Å². The molecule has 0 saturated carbocycles. The van der Waals surface area contributed by atoms with Crippen LogP contribution in [0, 0.1) is 0 Å². The van der Waals surface area contributed by atoms with Crippen molar-refractivity contribution in [2.24, 2.45) is 0 Å². The minimum atomic E-state index is -3.53. The molecule has 1 aromatic carbocycles. The Kier molecular flexibility index (Phi) is 5.38. The number of hydrogen-bond donors (Lipinski definition) is 3. The minimum Gasteiger partial charge on any atom is -0.492 e. The predicted molar refractivity (Wildman–Crippen MR) is 79.0 cm³/mol. The molecular weight excluding hydrogens is 280 g/mol. The van der Waals surface area contributed by atoms with Crippen LogP contribution < -0.4 is 15.2 Å². The Bertz CT molecular complexity index is 541. The third-order valence-electron chi connectivity index (χ3n) is 2.94. The van der Waals surface area contributed by atoms with E-state index in [1.807, 2.05) is 0 Å². The zero-order valence-corrected chi connectivity index (χ0v) is 12.8. The van der Waals surface area contributed by atoms with Gasteiger partial charge in [-0.05, 0) is 32.9 Å². The number of aliphatic hydroxyl groups is 1. The highest BCUT2D eigenvalue weighted by molar-refractivity contribution is 7.89. The second-order valence-corrected chi connectivity index (χ2v) is 7.08. The number of hydrogen-bond acceptors (Lipinski definition) is 5. The van der Waals surface area contributed by atoms with E-state index in [2.05, 4.69) is 4.72 Å². The van der Waals surface area contributed by atoms with E-state index < -0.39 is 21.7 Å². The molecule has 0 aliphatic carbocycles. The summed E-state index contributed by atoms with van der Waals surface area (Å²) in [4.78, 5) is 0. The summed E-state index contributed by atoms with van der Waals surface area (Å²) in [6.07, 6.45) is -0.799. The molecule has 0 fully saturated rings. The second kappa shape index (κ2) is 6.43. The van der Waals surface area contributed by atoms with Crippen LogP contribution in [0.3, 0.4) is 0 Å². The van der Waals surface area contributed by atoms with Crippen molar-refractivity contribution in [3.63, 3.8) is 0 Å². The van der Waals surface area contributed by atoms with Crippen molar-refractivity contribution in [1.29, 1.82) is 0 Å². The fraction of sp³-hybridized carbons (Fsp3) is 0.538. The lowest BCUT2D eigenvalue weighted by molar-refractivity contribution is 0.111. The quantitative estimate of drug-likeness (QED) is 0.644. The van der Waals surface area contributed by atoms with Crippen molar-refractivity contribution in [2.75, 3.05) is 18.1 Å². The average molecular weight is 302 g/mol. The highest BCUT2D eigenvalue weighted by Gasteiger charge is 2.29. The first-order valence-electron chi connectivity index (χ1n) is 6.30. The molecule has 1 atom stereocenters. The minimum absolute atomic E-state index is 0.00861. The van der Waals surface area contributed by atoms with E-state index in [0.717, 1.165) is 0 Å². The van der Waals surface area contributed by atoms with Crippen LogP contribution in [0.15, 0.2) is 24.3 Å². The Hall–Kier alpha value is -1.31. The van der Waals surface area contributed by atoms with E-state index in [-0.39, 0.29) is 12.4 Å². The van der Waals surface area contributed by atoms with Gasteiger partial charge in [0.05, 0.1) is 17.4 Å². The molecule has 7 heteroatoms. The summed E-state index contributed by atoms with van der Waals surface area (Å²) in [7, 11) is -3.53. The van der Waals surface area contributed by atoms with Gasteiger partial charge in [-0.2, -0.15) is 0 Å². The summed E-state index contributed by atoms with van der Waals surface area (Å²) in [5, 5.41) is 9.51. The first kappa shape index (κ1) is 16.7. The van der Waals surface area contributed by atoms with E-state index in [1.165, 1.54) is 6.92 Å². The molecule has 1 unspecified atom stereocenters. The van der Waals surface area contributed by atoms with Crippen LogP contribution in [0.4, 0.5) is 5.69 Å². The Morgan fingerprint density at radius 1 is 1.45 bits per heavy atom. The molecule has 1 aromatic rings. The molecule has 0 aromatic heterocycles. The van der Waals surface area contributed by atoms with Gasteiger partial charge in [0.2, 0.25) is 10.0 Å². The lowest BCUT2D eigenvalue weighted by Crippen LogP contribution is -2.51. The number of sulfonamides is 1. The molecule has 6 nitrogen and oxygen atoms in total. The second-order valence-electron chi connectivity index (χ2n) is 5.24. The summed E-state index contributed by atoms with van der Waals surface area (Å²) < 4.78 is 31.5. The van der Waals surface area contributed by atoms with E-state index in [4.69, 9.17) is 10.5 Å². The summed E-state index contributed by atoms with van der Waals surface area (Å²) in [6.45, 7) is 4.78. The fourth-order valence-corrected chi connectivity index (χ4v) is 2.79. The van der Waals surface area contributed by atoms with Crippen molar-refractivity contribution in [1.82, 2.24) is 4.72 Å². The maximum absolute atomic E-state index is 11.9. The van der Waals surface area contributed by atoms with E-state index >= 15 is 0 Å². The number of ether oxygens (including phenoxy) is 1. The van der Waals surface area contributed by atoms with Crippen LogP contribution in [-0.4, -0.2) is 37.5 Å². The maximum atomic E-state index is 11.9. The topological polar surface area (TPSA) is 102 Å². The lowest BCUT2D eigenvalue weighted by Gasteiger charge is -2.28. The monoisotopic (exact) mass is 302 g/mol. The predicted octanol–water partition coefficient (Wildman–Crippen LogP) is 0.726. The smallest absolute Gasteiger partial charge is 0.215 e. The standard InChI is InChI=1S/C13H22N2O4S/c1-10(16)13(2,3)15-20(17,18)8-7-19-12-6-4-5-11(14)9-12/h4-6,9-10,15-16H,7-8,14H2,1-3H3. The normalized spacial score (nSPS) is 14.0. The van der Waals surface area contributed by atoms with Crippen molar-refractivity contribution in [2.45, 2.75) is 32.4 Å². The van der Waals surface area contributed by atoms with E-state index in [9.17, 15) is 13.5 Å². The number of rotatable bonds is 7. The molecule has 114 valence electrons. The van der Waals surface area contributed by atoms with Gasteiger partial charge in [0.15, 0.2) is 0 Å². The molecule has 0 amide bonds. The average Bonchev–Trinajstić information content (AvgIpc) is 2.26. The molecule has 0 heterocycles. The summed E-state index contributed by atoms with van der Waals surface area (Å²) >= 11 is 0. The largest absolute Gasteiger partial charge is 0.492 e.